The normalized spacial score (nSPS) is 45.4. The molecule has 3 aliphatic carbocycles. The van der Waals surface area contributed by atoms with Gasteiger partial charge in [-0.05, 0) is 41.9 Å². The van der Waals surface area contributed by atoms with E-state index >= 15 is 0 Å². The van der Waals surface area contributed by atoms with Crippen LogP contribution in [-0.2, 0) is 28.6 Å². The number of carbonyl (C=O) groups excluding carboxylic acids is 3. The fraction of sp³-hybridized carbons (Fsp3) is 0.870. The third-order valence-corrected chi connectivity index (χ3v) is 8.26. The summed E-state index contributed by atoms with van der Waals surface area (Å²) < 4.78 is 17.2. The molecule has 0 bridgehead atoms. The molecule has 0 N–H and O–H groups in total. The molecule has 0 aromatic rings. The van der Waals surface area contributed by atoms with Gasteiger partial charge < -0.3 is 14.2 Å². The van der Waals surface area contributed by atoms with E-state index in [0.29, 0.717) is 17.8 Å². The summed E-state index contributed by atoms with van der Waals surface area (Å²) in [6, 6.07) is 0. The predicted molar refractivity (Wildman–Crippen MR) is 104 cm³/mol. The molecule has 0 aromatic heterocycles. The number of methoxy groups -OCH3 is 1. The predicted octanol–water partition coefficient (Wildman–Crippen LogP) is 3.37. The first-order valence-corrected chi connectivity index (χ1v) is 11.0. The monoisotopic (exact) mass is 406 g/mol. The summed E-state index contributed by atoms with van der Waals surface area (Å²) in [6.45, 7) is 10.7. The van der Waals surface area contributed by atoms with E-state index in [9.17, 15) is 14.4 Å². The van der Waals surface area contributed by atoms with Crippen LogP contribution in [0.25, 0.3) is 0 Å². The maximum Gasteiger partial charge on any atom is 0.320 e. The second-order valence-corrected chi connectivity index (χ2v) is 10.8. The molecular formula is C23H34O6. The lowest BCUT2D eigenvalue weighted by molar-refractivity contribution is -0.228. The van der Waals surface area contributed by atoms with E-state index in [1.807, 2.05) is 13.8 Å². The number of ketones is 1. The minimum atomic E-state index is -1.39. The first-order chi connectivity index (χ1) is 13.6. The summed E-state index contributed by atoms with van der Waals surface area (Å²) in [7, 11) is 1.28. The van der Waals surface area contributed by atoms with Crippen molar-refractivity contribution in [3.05, 3.63) is 0 Å². The molecule has 4 aliphatic rings. The smallest absolute Gasteiger partial charge is 0.320 e. The average Bonchev–Trinajstić information content (AvgIpc) is 2.93. The van der Waals surface area contributed by atoms with E-state index in [1.165, 1.54) is 13.5 Å². The molecule has 162 valence electrons. The maximum atomic E-state index is 13.0. The van der Waals surface area contributed by atoms with Gasteiger partial charge in [0.2, 0.25) is 6.29 Å². The second-order valence-electron chi connectivity index (χ2n) is 10.8. The summed E-state index contributed by atoms with van der Waals surface area (Å²) in [5.74, 6) is -1.14. The zero-order valence-corrected chi connectivity index (χ0v) is 18.4. The van der Waals surface area contributed by atoms with Gasteiger partial charge in [0.1, 0.15) is 5.41 Å². The van der Waals surface area contributed by atoms with Crippen LogP contribution in [0.15, 0.2) is 0 Å². The molecule has 0 unspecified atom stereocenters. The summed E-state index contributed by atoms with van der Waals surface area (Å²) in [4.78, 5) is 38.6. The SMILES string of the molecule is COC(=O)[C@@]12C(=O)CC(C)(C)[C@@H]1[C@H]1[C@H](O[C@@H]3C[C@H](C)CC[C@H]3C(C)C)OC(=O)[C@H]12. The fourth-order valence-corrected chi connectivity index (χ4v) is 7.05. The van der Waals surface area contributed by atoms with E-state index in [4.69, 9.17) is 14.2 Å². The highest BCUT2D eigenvalue weighted by Crippen LogP contribution is 2.72. The zero-order valence-electron chi connectivity index (χ0n) is 18.4. The van der Waals surface area contributed by atoms with Gasteiger partial charge in [-0.15, -0.1) is 0 Å². The number of esters is 2. The lowest BCUT2D eigenvalue weighted by Gasteiger charge is -2.54. The van der Waals surface area contributed by atoms with E-state index in [-0.39, 0.29) is 30.1 Å². The first-order valence-electron chi connectivity index (χ1n) is 11.0. The summed E-state index contributed by atoms with van der Waals surface area (Å²) in [6.07, 6.45) is 2.87. The molecule has 0 amide bonds. The minimum absolute atomic E-state index is 0.0312. The van der Waals surface area contributed by atoms with Crippen molar-refractivity contribution in [1.29, 1.82) is 0 Å². The van der Waals surface area contributed by atoms with Crippen LogP contribution >= 0.6 is 0 Å². The third-order valence-electron chi connectivity index (χ3n) is 8.26. The van der Waals surface area contributed by atoms with Crippen molar-refractivity contribution in [2.75, 3.05) is 7.11 Å². The van der Waals surface area contributed by atoms with Crippen molar-refractivity contribution in [3.63, 3.8) is 0 Å². The lowest BCUT2D eigenvalue weighted by atomic mass is 9.44. The van der Waals surface area contributed by atoms with Crippen molar-refractivity contribution < 1.29 is 28.6 Å². The summed E-state index contributed by atoms with van der Waals surface area (Å²) in [5, 5.41) is 0. The highest BCUT2D eigenvalue weighted by molar-refractivity contribution is 6.12. The molecule has 4 rings (SSSR count). The topological polar surface area (TPSA) is 78.9 Å². The van der Waals surface area contributed by atoms with Gasteiger partial charge in [-0.2, -0.15) is 0 Å². The van der Waals surface area contributed by atoms with Crippen LogP contribution in [0.3, 0.4) is 0 Å². The third kappa shape index (κ3) is 2.74. The molecular weight excluding hydrogens is 372 g/mol. The number of hydrogen-bond acceptors (Lipinski definition) is 6. The molecule has 0 spiro atoms. The highest BCUT2D eigenvalue weighted by Gasteiger charge is 2.84. The summed E-state index contributed by atoms with van der Waals surface area (Å²) >= 11 is 0. The van der Waals surface area contributed by atoms with Gasteiger partial charge in [0.15, 0.2) is 5.78 Å². The molecule has 6 nitrogen and oxygen atoms in total. The van der Waals surface area contributed by atoms with Crippen LogP contribution in [0.2, 0.25) is 0 Å². The quantitative estimate of drug-likeness (QED) is 0.526. The van der Waals surface area contributed by atoms with Crippen molar-refractivity contribution >= 4 is 17.7 Å². The Morgan fingerprint density at radius 3 is 2.52 bits per heavy atom. The Morgan fingerprint density at radius 2 is 1.90 bits per heavy atom. The Morgan fingerprint density at radius 1 is 1.21 bits per heavy atom. The van der Waals surface area contributed by atoms with Gasteiger partial charge in [-0.1, -0.05) is 41.0 Å². The zero-order chi connectivity index (χ0) is 21.3. The number of fused-ring (bicyclic) bond motifs is 4. The number of carbonyl (C=O) groups is 3. The first kappa shape index (κ1) is 20.8. The van der Waals surface area contributed by atoms with Crippen LogP contribution in [-0.4, -0.2) is 37.2 Å². The Labute approximate surface area is 173 Å². The average molecular weight is 407 g/mol. The fourth-order valence-electron chi connectivity index (χ4n) is 7.05. The highest BCUT2D eigenvalue weighted by atomic mass is 16.7. The Bertz CT molecular complexity index is 727. The number of Topliss-reactive ketones (excluding diaryl/α,β-unsaturated/α-hetero) is 1. The molecule has 6 heteroatoms. The molecule has 8 atom stereocenters. The Kier molecular flexibility index (Phi) is 4.88. The number of hydrogen-bond donors (Lipinski definition) is 0. The van der Waals surface area contributed by atoms with Crippen molar-refractivity contribution in [2.24, 2.45) is 46.3 Å². The molecule has 0 radical (unpaired) electrons. The minimum Gasteiger partial charge on any atom is -0.468 e. The van der Waals surface area contributed by atoms with E-state index in [0.717, 1.165) is 12.8 Å². The van der Waals surface area contributed by atoms with Crippen LogP contribution < -0.4 is 0 Å². The van der Waals surface area contributed by atoms with Crippen LogP contribution in [0.5, 0.6) is 0 Å². The van der Waals surface area contributed by atoms with Crippen molar-refractivity contribution in [2.45, 2.75) is 72.7 Å². The van der Waals surface area contributed by atoms with Crippen molar-refractivity contribution in [3.8, 4) is 0 Å². The largest absolute Gasteiger partial charge is 0.468 e. The van der Waals surface area contributed by atoms with Gasteiger partial charge in [0.05, 0.1) is 19.1 Å². The van der Waals surface area contributed by atoms with E-state index in [1.54, 1.807) is 0 Å². The maximum absolute atomic E-state index is 13.0. The van der Waals surface area contributed by atoms with Crippen LogP contribution in [0.4, 0.5) is 0 Å². The Balaban J connectivity index is 1.64. The van der Waals surface area contributed by atoms with Gasteiger partial charge in [-0.25, -0.2) is 0 Å². The molecule has 1 heterocycles. The van der Waals surface area contributed by atoms with Crippen molar-refractivity contribution in [1.82, 2.24) is 0 Å². The van der Waals surface area contributed by atoms with E-state index in [2.05, 4.69) is 20.8 Å². The number of ether oxygens (including phenoxy) is 3. The summed E-state index contributed by atoms with van der Waals surface area (Å²) in [5.41, 5.74) is -1.80. The lowest BCUT2D eigenvalue weighted by Crippen LogP contribution is -2.66. The number of rotatable bonds is 4. The molecule has 3 saturated carbocycles. The molecule has 1 saturated heterocycles. The molecule has 1 aliphatic heterocycles. The Hall–Kier alpha value is -1.43. The number of cyclic esters (lactones) is 1. The second kappa shape index (κ2) is 6.79. The van der Waals surface area contributed by atoms with E-state index < -0.39 is 35.0 Å². The van der Waals surface area contributed by atoms with Gasteiger partial charge in [0.25, 0.3) is 0 Å². The molecule has 0 aromatic carbocycles. The molecule has 29 heavy (non-hydrogen) atoms. The standard InChI is InChI=1S/C23H34O6/c1-11(2)13-8-7-12(3)9-14(13)28-20-16-17(19(25)29-20)23(21(26)27-6)15(24)10-22(4,5)18(16)23/h11-14,16-18,20H,7-10H2,1-6H3/t12-,13+,14-,16+,17+,18+,20-,23-/m1/s1. The van der Waals surface area contributed by atoms with Crippen LogP contribution in [0, 0.1) is 46.3 Å². The van der Waals surface area contributed by atoms with Gasteiger partial charge in [-0.3, -0.25) is 14.4 Å². The van der Waals surface area contributed by atoms with Crippen LogP contribution in [0.1, 0.15) is 60.3 Å². The van der Waals surface area contributed by atoms with Gasteiger partial charge >= 0.3 is 11.9 Å². The molecule has 4 fully saturated rings. The van der Waals surface area contributed by atoms with Gasteiger partial charge in [0, 0.05) is 12.3 Å².